The zero-order valence-corrected chi connectivity index (χ0v) is 15.8. The first kappa shape index (κ1) is 17.7. The number of rotatable bonds is 2. The molecule has 5 nitrogen and oxygen atoms in total. The molecular weight excluding hydrogens is 340 g/mol. The topological polar surface area (TPSA) is 80.7 Å². The van der Waals surface area contributed by atoms with Crippen LogP contribution in [-0.2, 0) is 19.4 Å². The molecule has 0 amide bonds. The van der Waals surface area contributed by atoms with E-state index in [9.17, 15) is 13.2 Å². The van der Waals surface area contributed by atoms with Crippen molar-refractivity contribution in [2.24, 2.45) is 28.6 Å². The Morgan fingerprint density at radius 3 is 2.52 bits per heavy atom. The van der Waals surface area contributed by atoms with Gasteiger partial charge in [-0.2, -0.15) is 8.42 Å². The zero-order valence-electron chi connectivity index (χ0n) is 15.0. The average Bonchev–Trinajstić information content (AvgIpc) is 2.82. The Hall–Kier alpha value is -0.720. The van der Waals surface area contributed by atoms with Crippen molar-refractivity contribution < 1.29 is 21.9 Å². The third-order valence-corrected chi connectivity index (χ3v) is 8.54. The van der Waals surface area contributed by atoms with E-state index in [0.717, 1.165) is 38.5 Å². The van der Waals surface area contributed by atoms with Gasteiger partial charge in [-0.25, -0.2) is 4.18 Å². The normalized spacial score (nSPS) is 46.8. The lowest BCUT2D eigenvalue weighted by Crippen LogP contribution is -2.50. The van der Waals surface area contributed by atoms with E-state index in [4.69, 9.17) is 8.74 Å². The van der Waals surface area contributed by atoms with Gasteiger partial charge >= 0.3 is 10.4 Å². The maximum atomic E-state index is 12.4. The predicted octanol–water partition coefficient (Wildman–Crippen LogP) is 3.71. The summed E-state index contributed by atoms with van der Waals surface area (Å²) in [7, 11) is -4.40. The van der Waals surface area contributed by atoms with E-state index < -0.39 is 16.5 Å². The summed E-state index contributed by atoms with van der Waals surface area (Å²) in [6, 6.07) is 0. The Morgan fingerprint density at radius 2 is 1.80 bits per heavy atom. The smallest absolute Gasteiger partial charge is 0.299 e. The quantitative estimate of drug-likeness (QED) is 0.594. The second-order valence-corrected chi connectivity index (χ2v) is 10.1. The number of carbonyl (C=O) groups excluding carboxylic acids is 1. The molecule has 0 aromatic rings. The number of fused-ring (bicyclic) bond motifs is 5. The van der Waals surface area contributed by atoms with Gasteiger partial charge in [0.25, 0.3) is 0 Å². The van der Waals surface area contributed by atoms with Crippen molar-refractivity contribution in [3.8, 4) is 0 Å². The minimum absolute atomic E-state index is 0.0783. The lowest BCUT2D eigenvalue weighted by atomic mass is 9.48. The van der Waals surface area contributed by atoms with Gasteiger partial charge in [-0.05, 0) is 68.1 Å². The summed E-state index contributed by atoms with van der Waals surface area (Å²) >= 11 is 0. The zero-order chi connectivity index (χ0) is 18.0. The minimum Gasteiger partial charge on any atom is -0.299 e. The van der Waals surface area contributed by atoms with E-state index in [2.05, 4.69) is 19.9 Å². The van der Waals surface area contributed by atoms with Crippen LogP contribution in [0.4, 0.5) is 0 Å². The first-order valence-corrected chi connectivity index (χ1v) is 10.9. The average molecular weight is 368 g/mol. The van der Waals surface area contributed by atoms with E-state index in [0.29, 0.717) is 36.4 Å². The Kier molecular flexibility index (Phi) is 3.99. The summed E-state index contributed by atoms with van der Waals surface area (Å²) in [5.74, 6) is 2.10. The Balaban J connectivity index is 1.59. The Morgan fingerprint density at radius 1 is 1.12 bits per heavy atom. The van der Waals surface area contributed by atoms with Gasteiger partial charge in [0, 0.05) is 11.8 Å². The second-order valence-electron chi connectivity index (χ2n) is 9.07. The SMILES string of the molecule is C[C@]12CCC(OS(=O)(=O)O)CC1=CCC1C2CC[C@]2(C)C(=O)CCC12. The number of carbonyl (C=O) groups is 1. The summed E-state index contributed by atoms with van der Waals surface area (Å²) in [5.41, 5.74) is 1.25. The van der Waals surface area contributed by atoms with Crippen LogP contribution in [0, 0.1) is 28.6 Å². The fourth-order valence-corrected chi connectivity index (χ4v) is 7.16. The van der Waals surface area contributed by atoms with Gasteiger partial charge in [-0.1, -0.05) is 25.5 Å². The highest BCUT2D eigenvalue weighted by atomic mass is 32.3. The van der Waals surface area contributed by atoms with Crippen molar-refractivity contribution in [1.82, 2.24) is 0 Å². The van der Waals surface area contributed by atoms with E-state index in [1.165, 1.54) is 5.57 Å². The molecule has 0 spiro atoms. The highest BCUT2D eigenvalue weighted by molar-refractivity contribution is 7.80. The molecule has 6 atom stereocenters. The molecule has 4 aliphatic carbocycles. The number of allylic oxidation sites excluding steroid dienone is 1. The molecule has 3 fully saturated rings. The van der Waals surface area contributed by atoms with Gasteiger partial charge in [0.15, 0.2) is 0 Å². The number of hydrogen-bond donors (Lipinski definition) is 1. The standard InChI is InChI=1S/C19H28O5S/c1-18-9-7-13(24-25(21,22)23)11-12(18)3-4-14-15-5-6-17(20)19(15,2)10-8-16(14)18/h3,13-16H,4-11H2,1-2H3,(H,21,22,23)/t13?,14?,15?,16?,18-,19-/m0/s1. The number of ketones is 1. The highest BCUT2D eigenvalue weighted by Crippen LogP contribution is 2.64. The predicted molar refractivity (Wildman–Crippen MR) is 93.1 cm³/mol. The van der Waals surface area contributed by atoms with Crippen LogP contribution in [0.25, 0.3) is 0 Å². The molecule has 6 heteroatoms. The van der Waals surface area contributed by atoms with Crippen LogP contribution in [0.2, 0.25) is 0 Å². The molecule has 0 aromatic carbocycles. The van der Waals surface area contributed by atoms with Gasteiger partial charge in [0.2, 0.25) is 0 Å². The van der Waals surface area contributed by atoms with Crippen molar-refractivity contribution in [2.45, 2.75) is 71.3 Å². The van der Waals surface area contributed by atoms with Crippen molar-refractivity contribution in [3.05, 3.63) is 11.6 Å². The summed E-state index contributed by atoms with van der Waals surface area (Å²) in [6.45, 7) is 4.50. The second kappa shape index (κ2) is 5.64. The first-order valence-electron chi connectivity index (χ1n) is 9.52. The van der Waals surface area contributed by atoms with Crippen molar-refractivity contribution in [2.75, 3.05) is 0 Å². The van der Waals surface area contributed by atoms with Gasteiger partial charge < -0.3 is 0 Å². The number of Topliss-reactive ketones (excluding diaryl/α,β-unsaturated/α-hetero) is 1. The van der Waals surface area contributed by atoms with E-state index in [-0.39, 0.29) is 10.8 Å². The van der Waals surface area contributed by atoms with Gasteiger partial charge in [0.05, 0.1) is 6.10 Å². The van der Waals surface area contributed by atoms with Crippen molar-refractivity contribution in [1.29, 1.82) is 0 Å². The highest BCUT2D eigenvalue weighted by Gasteiger charge is 2.58. The monoisotopic (exact) mass is 368 g/mol. The van der Waals surface area contributed by atoms with Crippen LogP contribution >= 0.6 is 0 Å². The summed E-state index contributed by atoms with van der Waals surface area (Å²) in [4.78, 5) is 12.4. The van der Waals surface area contributed by atoms with Crippen molar-refractivity contribution >= 4 is 16.2 Å². The fraction of sp³-hybridized carbons (Fsp3) is 0.842. The summed E-state index contributed by atoms with van der Waals surface area (Å²) in [6.07, 6.45) is 8.79. The molecule has 25 heavy (non-hydrogen) atoms. The van der Waals surface area contributed by atoms with Crippen LogP contribution < -0.4 is 0 Å². The minimum atomic E-state index is -4.40. The molecule has 0 bridgehead atoms. The maximum Gasteiger partial charge on any atom is 0.397 e. The molecule has 3 saturated carbocycles. The first-order chi connectivity index (χ1) is 11.6. The molecule has 0 heterocycles. The van der Waals surface area contributed by atoms with Gasteiger partial charge in [-0.3, -0.25) is 9.35 Å². The maximum absolute atomic E-state index is 12.4. The Bertz CT molecular complexity index is 726. The van der Waals surface area contributed by atoms with Crippen LogP contribution in [0.15, 0.2) is 11.6 Å². The van der Waals surface area contributed by atoms with E-state index >= 15 is 0 Å². The van der Waals surface area contributed by atoms with E-state index in [1.54, 1.807) is 0 Å². The summed E-state index contributed by atoms with van der Waals surface area (Å²) in [5, 5.41) is 0. The fourth-order valence-electron chi connectivity index (χ4n) is 6.65. The molecule has 0 radical (unpaired) electrons. The molecule has 0 aromatic heterocycles. The van der Waals surface area contributed by atoms with Crippen molar-refractivity contribution in [3.63, 3.8) is 0 Å². The Labute approximate surface area is 150 Å². The van der Waals surface area contributed by atoms with E-state index in [1.807, 2.05) is 0 Å². The molecule has 0 aliphatic heterocycles. The molecule has 0 saturated heterocycles. The van der Waals surface area contributed by atoms with Crippen LogP contribution in [0.5, 0.6) is 0 Å². The van der Waals surface area contributed by atoms with Crippen LogP contribution in [-0.4, -0.2) is 24.9 Å². The molecule has 4 unspecified atom stereocenters. The van der Waals surface area contributed by atoms with Crippen LogP contribution in [0.1, 0.15) is 65.2 Å². The van der Waals surface area contributed by atoms with Gasteiger partial charge in [0.1, 0.15) is 5.78 Å². The molecular formula is C19H28O5S. The lowest BCUT2D eigenvalue weighted by Gasteiger charge is -2.56. The third-order valence-electron chi connectivity index (χ3n) is 8.03. The van der Waals surface area contributed by atoms with Crippen LogP contribution in [0.3, 0.4) is 0 Å². The number of hydrogen-bond acceptors (Lipinski definition) is 4. The molecule has 1 N–H and O–H groups in total. The summed E-state index contributed by atoms with van der Waals surface area (Å²) < 4.78 is 35.9. The van der Waals surface area contributed by atoms with Gasteiger partial charge in [-0.15, -0.1) is 0 Å². The molecule has 4 aliphatic rings. The lowest BCUT2D eigenvalue weighted by molar-refractivity contribution is -0.131. The largest absolute Gasteiger partial charge is 0.397 e. The molecule has 140 valence electrons. The third kappa shape index (κ3) is 2.72. The molecule has 4 rings (SSSR count).